The van der Waals surface area contributed by atoms with E-state index in [1.807, 2.05) is 24.3 Å². The van der Waals surface area contributed by atoms with Crippen molar-refractivity contribution in [3.8, 4) is 5.75 Å². The molecule has 5 nitrogen and oxygen atoms in total. The quantitative estimate of drug-likeness (QED) is 0.341. The molecule has 0 unspecified atom stereocenters. The fourth-order valence-electron chi connectivity index (χ4n) is 2.21. The largest absolute Gasteiger partial charge is 0.484 e. The van der Waals surface area contributed by atoms with Crippen molar-refractivity contribution in [1.29, 1.82) is 0 Å². The summed E-state index contributed by atoms with van der Waals surface area (Å²) in [7, 11) is 1.59. The zero-order valence-electron chi connectivity index (χ0n) is 14.6. The van der Waals surface area contributed by atoms with Crippen molar-refractivity contribution in [1.82, 2.24) is 0 Å². The monoisotopic (exact) mass is 495 g/mol. The molecule has 2 rings (SSSR count). The van der Waals surface area contributed by atoms with Crippen molar-refractivity contribution in [3.63, 3.8) is 0 Å². The van der Waals surface area contributed by atoms with E-state index in [0.717, 1.165) is 11.3 Å². The Bertz CT molecular complexity index is 755. The predicted molar refractivity (Wildman–Crippen MR) is 110 cm³/mol. The summed E-state index contributed by atoms with van der Waals surface area (Å²) in [6.45, 7) is -0.865. The molecule has 27 heavy (non-hydrogen) atoms. The van der Waals surface area contributed by atoms with E-state index in [1.54, 1.807) is 25.3 Å². The smallest absolute Gasteiger partial charge is 0.422 e. The number of nitrogens with zero attached hydrogens (tertiary/aromatic N) is 1. The number of nitrogens with one attached hydrogen (secondary N) is 1. The van der Waals surface area contributed by atoms with Crippen LogP contribution in [0.2, 0.25) is 0 Å². The van der Waals surface area contributed by atoms with Crippen LogP contribution in [-0.2, 0) is 17.9 Å². The molecule has 148 valence electrons. The van der Waals surface area contributed by atoms with Crippen LogP contribution < -0.4 is 15.8 Å². The predicted octanol–water partition coefficient (Wildman–Crippen LogP) is 4.32. The number of ether oxygens (including phenoxy) is 2. The molecule has 2 aromatic rings. The highest BCUT2D eigenvalue weighted by molar-refractivity contribution is 14.0. The number of rotatable bonds is 7. The molecule has 0 atom stereocenters. The van der Waals surface area contributed by atoms with Gasteiger partial charge in [-0.2, -0.15) is 13.2 Å². The van der Waals surface area contributed by atoms with Gasteiger partial charge < -0.3 is 20.5 Å². The fraction of sp³-hybridized carbons (Fsp3) is 0.278. The number of anilines is 1. The Morgan fingerprint density at radius 3 is 2.37 bits per heavy atom. The fourth-order valence-corrected chi connectivity index (χ4v) is 2.21. The summed E-state index contributed by atoms with van der Waals surface area (Å²) in [4.78, 5) is 4.18. The second-order valence-electron chi connectivity index (χ2n) is 5.43. The standard InChI is InChI=1S/C18H20F3N3O2.HI/c1-25-11-14-7-2-4-8-15(14)24-17(22)23-10-13-6-3-5-9-16(13)26-12-18(19,20)21;/h2-9H,10-12H2,1H3,(H3,22,23,24);1H. The van der Waals surface area contributed by atoms with Crippen LogP contribution in [0.25, 0.3) is 0 Å². The van der Waals surface area contributed by atoms with Crippen LogP contribution in [0.3, 0.4) is 0 Å². The Morgan fingerprint density at radius 1 is 1.07 bits per heavy atom. The number of halogens is 4. The van der Waals surface area contributed by atoms with Gasteiger partial charge in [-0.1, -0.05) is 36.4 Å². The molecule has 0 aliphatic carbocycles. The van der Waals surface area contributed by atoms with Crippen molar-refractivity contribution in [2.24, 2.45) is 10.7 Å². The lowest BCUT2D eigenvalue weighted by Crippen LogP contribution is -2.23. The van der Waals surface area contributed by atoms with E-state index in [9.17, 15) is 13.2 Å². The zero-order valence-corrected chi connectivity index (χ0v) is 17.0. The highest BCUT2D eigenvalue weighted by Crippen LogP contribution is 2.23. The maximum Gasteiger partial charge on any atom is 0.422 e. The third kappa shape index (κ3) is 8.04. The minimum Gasteiger partial charge on any atom is -0.484 e. The molecule has 0 aliphatic heterocycles. The number of hydrogen-bond acceptors (Lipinski definition) is 3. The Hall–Kier alpha value is -2.01. The zero-order chi connectivity index (χ0) is 19.0. The summed E-state index contributed by atoms with van der Waals surface area (Å²) in [6.07, 6.45) is -4.40. The number of alkyl halides is 3. The summed E-state index contributed by atoms with van der Waals surface area (Å²) in [5, 5.41) is 2.97. The molecule has 2 aromatic carbocycles. The molecular weight excluding hydrogens is 474 g/mol. The van der Waals surface area contributed by atoms with Crippen LogP contribution in [0.5, 0.6) is 5.75 Å². The minimum absolute atomic E-state index is 0. The van der Waals surface area contributed by atoms with Gasteiger partial charge in [0.05, 0.1) is 13.2 Å². The first kappa shape index (κ1) is 23.0. The first-order valence-corrected chi connectivity index (χ1v) is 7.80. The van der Waals surface area contributed by atoms with Gasteiger partial charge in [0.1, 0.15) is 5.75 Å². The van der Waals surface area contributed by atoms with E-state index >= 15 is 0 Å². The molecule has 0 heterocycles. The number of para-hydroxylation sites is 2. The Kier molecular flexibility index (Phi) is 9.36. The maximum absolute atomic E-state index is 12.3. The van der Waals surface area contributed by atoms with Gasteiger partial charge in [0.2, 0.25) is 0 Å². The maximum atomic E-state index is 12.3. The number of benzene rings is 2. The summed E-state index contributed by atoms with van der Waals surface area (Å²) in [5.41, 5.74) is 8.05. The first-order chi connectivity index (χ1) is 12.4. The number of aliphatic imine (C=N–C) groups is 1. The normalized spacial score (nSPS) is 11.6. The third-order valence-corrected chi connectivity index (χ3v) is 3.36. The van der Waals surface area contributed by atoms with E-state index in [-0.39, 0.29) is 42.2 Å². The molecule has 0 saturated heterocycles. The molecule has 0 aliphatic rings. The molecule has 0 fully saturated rings. The molecule has 0 bridgehead atoms. The number of hydrogen-bond donors (Lipinski definition) is 2. The van der Waals surface area contributed by atoms with Crippen LogP contribution >= 0.6 is 24.0 Å². The number of methoxy groups -OCH3 is 1. The van der Waals surface area contributed by atoms with Crippen LogP contribution in [-0.4, -0.2) is 25.9 Å². The number of nitrogens with two attached hydrogens (primary N) is 1. The van der Waals surface area contributed by atoms with Crippen LogP contribution in [0, 0.1) is 0 Å². The van der Waals surface area contributed by atoms with E-state index in [1.165, 1.54) is 6.07 Å². The second-order valence-corrected chi connectivity index (χ2v) is 5.43. The first-order valence-electron chi connectivity index (χ1n) is 7.80. The van der Waals surface area contributed by atoms with Crippen LogP contribution in [0.4, 0.5) is 18.9 Å². The van der Waals surface area contributed by atoms with E-state index in [4.69, 9.17) is 15.2 Å². The van der Waals surface area contributed by atoms with Crippen LogP contribution in [0.1, 0.15) is 11.1 Å². The second kappa shape index (κ2) is 11.0. The average Bonchev–Trinajstić information content (AvgIpc) is 2.60. The van der Waals surface area contributed by atoms with Gasteiger partial charge in [0.15, 0.2) is 12.6 Å². The molecule has 9 heteroatoms. The van der Waals surface area contributed by atoms with Crippen molar-refractivity contribution >= 4 is 35.6 Å². The SMILES string of the molecule is COCc1ccccc1NC(N)=NCc1ccccc1OCC(F)(F)F.I. The van der Waals surface area contributed by atoms with Gasteiger partial charge in [-0.05, 0) is 12.1 Å². The summed E-state index contributed by atoms with van der Waals surface area (Å²) < 4.78 is 47.0. The lowest BCUT2D eigenvalue weighted by atomic mass is 10.2. The van der Waals surface area contributed by atoms with Gasteiger partial charge in [-0.3, -0.25) is 0 Å². The lowest BCUT2D eigenvalue weighted by molar-refractivity contribution is -0.153. The topological polar surface area (TPSA) is 68.9 Å². The number of guanidine groups is 1. The van der Waals surface area contributed by atoms with Crippen LogP contribution in [0.15, 0.2) is 53.5 Å². The van der Waals surface area contributed by atoms with Crippen molar-refractivity contribution in [2.75, 3.05) is 19.0 Å². The Morgan fingerprint density at radius 2 is 1.70 bits per heavy atom. The summed E-state index contributed by atoms with van der Waals surface area (Å²) in [5.74, 6) is 0.264. The van der Waals surface area contributed by atoms with E-state index in [2.05, 4.69) is 10.3 Å². The van der Waals surface area contributed by atoms with Gasteiger partial charge in [-0.25, -0.2) is 4.99 Å². The van der Waals surface area contributed by atoms with Gasteiger partial charge >= 0.3 is 6.18 Å². The lowest BCUT2D eigenvalue weighted by Gasteiger charge is -2.13. The Balaban J connectivity index is 0.00000364. The van der Waals surface area contributed by atoms with Crippen molar-refractivity contribution in [3.05, 3.63) is 59.7 Å². The van der Waals surface area contributed by atoms with Crippen molar-refractivity contribution < 1.29 is 22.6 Å². The average molecular weight is 495 g/mol. The highest BCUT2D eigenvalue weighted by Gasteiger charge is 2.28. The molecule has 0 aromatic heterocycles. The molecule has 0 amide bonds. The molecule has 0 radical (unpaired) electrons. The summed E-state index contributed by atoms with van der Waals surface area (Å²) >= 11 is 0. The van der Waals surface area contributed by atoms with E-state index < -0.39 is 12.8 Å². The van der Waals surface area contributed by atoms with E-state index in [0.29, 0.717) is 12.2 Å². The Labute approximate surface area is 172 Å². The molecule has 3 N–H and O–H groups in total. The molecule has 0 spiro atoms. The van der Waals surface area contributed by atoms with Gasteiger partial charge in [-0.15, -0.1) is 24.0 Å². The highest BCUT2D eigenvalue weighted by atomic mass is 127. The summed E-state index contributed by atoms with van der Waals surface area (Å²) in [6, 6.07) is 13.8. The van der Waals surface area contributed by atoms with Gasteiger partial charge in [0.25, 0.3) is 0 Å². The molecular formula is C18H21F3IN3O2. The minimum atomic E-state index is -4.40. The van der Waals surface area contributed by atoms with Gasteiger partial charge in [0, 0.05) is 23.9 Å². The third-order valence-electron chi connectivity index (χ3n) is 3.36. The molecule has 0 saturated carbocycles. The van der Waals surface area contributed by atoms with Crippen molar-refractivity contribution in [2.45, 2.75) is 19.3 Å².